The lowest BCUT2D eigenvalue weighted by atomic mass is 10.1. The molecule has 2 nitrogen and oxygen atoms in total. The molecule has 5 heteroatoms. The zero-order chi connectivity index (χ0) is 15.9. The van der Waals surface area contributed by atoms with Gasteiger partial charge in [-0.3, -0.25) is 4.79 Å². The first kappa shape index (κ1) is 17.2. The lowest BCUT2D eigenvalue weighted by molar-refractivity contribution is 0.0951. The molecule has 0 aliphatic carbocycles. The second-order valence-corrected chi connectivity index (χ2v) is 7.18. The van der Waals surface area contributed by atoms with E-state index in [1.165, 1.54) is 11.8 Å². The van der Waals surface area contributed by atoms with Gasteiger partial charge in [-0.15, -0.1) is 35.0 Å². The van der Waals surface area contributed by atoms with Gasteiger partial charge in [0, 0.05) is 11.3 Å². The Bertz CT molecular complexity index is 602. The van der Waals surface area contributed by atoms with E-state index in [9.17, 15) is 4.79 Å². The van der Waals surface area contributed by atoms with E-state index in [2.05, 4.69) is 5.32 Å². The number of nitrogens with one attached hydrogen (secondary N) is 1. The number of amides is 1. The van der Waals surface area contributed by atoms with Crippen LogP contribution in [0.2, 0.25) is 0 Å². The van der Waals surface area contributed by atoms with Gasteiger partial charge in [0.15, 0.2) is 0 Å². The number of carbonyl (C=O) groups is 1. The van der Waals surface area contributed by atoms with Crippen molar-refractivity contribution in [1.29, 1.82) is 0 Å². The first-order valence-electron chi connectivity index (χ1n) is 6.87. The van der Waals surface area contributed by atoms with Crippen LogP contribution in [0.4, 0.5) is 0 Å². The average Bonchev–Trinajstić information content (AvgIpc) is 2.52. The molecule has 1 N–H and O–H groups in total. The third kappa shape index (κ3) is 5.24. The van der Waals surface area contributed by atoms with E-state index >= 15 is 0 Å². The molecule has 0 saturated heterocycles. The Kier molecular flexibility index (Phi) is 6.62. The number of rotatable bonds is 6. The van der Waals surface area contributed by atoms with Gasteiger partial charge in [-0.1, -0.05) is 48.0 Å². The average molecular weight is 354 g/mol. The summed E-state index contributed by atoms with van der Waals surface area (Å²) >= 11 is 13.5. The molecule has 0 aromatic heterocycles. The first-order chi connectivity index (χ1) is 10.6. The Morgan fingerprint density at radius 1 is 1.09 bits per heavy atom. The van der Waals surface area contributed by atoms with Crippen molar-refractivity contribution in [2.75, 3.05) is 0 Å². The van der Waals surface area contributed by atoms with Crippen molar-refractivity contribution in [2.24, 2.45) is 0 Å². The number of benzene rings is 2. The SMILES string of the molecule is Cc1ccc(C(=O)NC(SCc2ccccc2)C(Cl)Cl)cc1. The zero-order valence-electron chi connectivity index (χ0n) is 12.1. The minimum atomic E-state index is -0.678. The molecule has 1 amide bonds. The number of hydrogen-bond acceptors (Lipinski definition) is 2. The van der Waals surface area contributed by atoms with Crippen LogP contribution in [0, 0.1) is 6.92 Å². The molecule has 0 aliphatic heterocycles. The smallest absolute Gasteiger partial charge is 0.252 e. The molecule has 1 atom stereocenters. The highest BCUT2D eigenvalue weighted by atomic mass is 35.5. The molecular weight excluding hydrogens is 337 g/mol. The van der Waals surface area contributed by atoms with Gasteiger partial charge in [-0.2, -0.15) is 0 Å². The van der Waals surface area contributed by atoms with Crippen molar-refractivity contribution in [1.82, 2.24) is 5.32 Å². The van der Waals surface area contributed by atoms with Crippen LogP contribution in [0.3, 0.4) is 0 Å². The summed E-state index contributed by atoms with van der Waals surface area (Å²) in [6.45, 7) is 1.98. The van der Waals surface area contributed by atoms with Crippen LogP contribution in [0.5, 0.6) is 0 Å². The number of halogens is 2. The fraction of sp³-hybridized carbons (Fsp3) is 0.235. The maximum Gasteiger partial charge on any atom is 0.252 e. The van der Waals surface area contributed by atoms with Gasteiger partial charge in [0.05, 0.1) is 0 Å². The standard InChI is InChI=1S/C17H17Cl2NOS/c1-12-7-9-14(10-8-12)16(21)20-17(15(18)19)22-11-13-5-3-2-4-6-13/h2-10,15,17H,11H2,1H3,(H,20,21). The fourth-order valence-corrected chi connectivity index (χ4v) is 3.32. The summed E-state index contributed by atoms with van der Waals surface area (Å²) in [7, 11) is 0. The maximum absolute atomic E-state index is 12.2. The Labute approximate surface area is 145 Å². The summed E-state index contributed by atoms with van der Waals surface area (Å²) < 4.78 is 0. The van der Waals surface area contributed by atoms with Crippen LogP contribution in [-0.2, 0) is 5.75 Å². The summed E-state index contributed by atoms with van der Waals surface area (Å²) in [5.74, 6) is 0.562. The van der Waals surface area contributed by atoms with Gasteiger partial charge in [0.25, 0.3) is 5.91 Å². The Morgan fingerprint density at radius 2 is 1.73 bits per heavy atom. The summed E-state index contributed by atoms with van der Waals surface area (Å²) in [6, 6.07) is 17.4. The number of thioether (sulfide) groups is 1. The van der Waals surface area contributed by atoms with Gasteiger partial charge < -0.3 is 5.32 Å². The third-order valence-electron chi connectivity index (χ3n) is 3.09. The van der Waals surface area contributed by atoms with Gasteiger partial charge in [0.1, 0.15) is 10.2 Å². The molecule has 0 aliphatic rings. The Balaban J connectivity index is 1.96. The van der Waals surface area contributed by atoms with E-state index < -0.39 is 4.84 Å². The molecular formula is C17H17Cl2NOS. The van der Waals surface area contributed by atoms with Crippen LogP contribution in [0.15, 0.2) is 54.6 Å². The van der Waals surface area contributed by atoms with Gasteiger partial charge >= 0.3 is 0 Å². The zero-order valence-corrected chi connectivity index (χ0v) is 14.5. The minimum absolute atomic E-state index is 0.170. The molecule has 0 heterocycles. The van der Waals surface area contributed by atoms with Crippen LogP contribution in [-0.4, -0.2) is 16.1 Å². The summed E-state index contributed by atoms with van der Waals surface area (Å²) in [4.78, 5) is 11.6. The molecule has 0 radical (unpaired) electrons. The second-order valence-electron chi connectivity index (χ2n) is 4.89. The molecule has 2 aromatic carbocycles. The van der Waals surface area contributed by atoms with Crippen LogP contribution < -0.4 is 5.32 Å². The number of hydrogen-bond donors (Lipinski definition) is 1. The normalized spacial score (nSPS) is 12.2. The van der Waals surface area contributed by atoms with E-state index in [-0.39, 0.29) is 11.3 Å². The lowest BCUT2D eigenvalue weighted by Crippen LogP contribution is -2.36. The molecule has 2 rings (SSSR count). The summed E-state index contributed by atoms with van der Waals surface area (Å²) in [5.41, 5.74) is 2.88. The second kappa shape index (κ2) is 8.47. The van der Waals surface area contributed by atoms with E-state index in [0.717, 1.165) is 16.9 Å². The number of carbonyl (C=O) groups excluding carboxylic acids is 1. The topological polar surface area (TPSA) is 29.1 Å². The highest BCUT2D eigenvalue weighted by Gasteiger charge is 2.20. The van der Waals surface area contributed by atoms with Crippen molar-refractivity contribution >= 4 is 40.9 Å². The monoisotopic (exact) mass is 353 g/mol. The fourth-order valence-electron chi connectivity index (χ4n) is 1.86. The van der Waals surface area contributed by atoms with Gasteiger partial charge in [-0.05, 0) is 24.6 Å². The number of aryl methyl sites for hydroxylation is 1. The summed E-state index contributed by atoms with van der Waals surface area (Å²) in [6.07, 6.45) is 0. The van der Waals surface area contributed by atoms with Crippen molar-refractivity contribution in [3.63, 3.8) is 0 Å². The lowest BCUT2D eigenvalue weighted by Gasteiger charge is -2.19. The van der Waals surface area contributed by atoms with Crippen molar-refractivity contribution < 1.29 is 4.79 Å². The van der Waals surface area contributed by atoms with Crippen LogP contribution in [0.1, 0.15) is 21.5 Å². The number of alkyl halides is 2. The molecule has 116 valence electrons. The van der Waals surface area contributed by atoms with E-state index in [0.29, 0.717) is 5.56 Å². The molecule has 22 heavy (non-hydrogen) atoms. The summed E-state index contributed by atoms with van der Waals surface area (Å²) in [5, 5.41) is 2.52. The van der Waals surface area contributed by atoms with Crippen LogP contribution in [0.25, 0.3) is 0 Å². The molecule has 0 fully saturated rings. The van der Waals surface area contributed by atoms with Gasteiger partial charge in [0.2, 0.25) is 0 Å². The molecule has 0 saturated carbocycles. The maximum atomic E-state index is 12.2. The predicted molar refractivity (Wildman–Crippen MR) is 95.7 cm³/mol. The van der Waals surface area contributed by atoms with Crippen molar-refractivity contribution in [2.45, 2.75) is 22.9 Å². The molecule has 0 bridgehead atoms. The van der Waals surface area contributed by atoms with Crippen molar-refractivity contribution in [3.05, 3.63) is 71.3 Å². The quantitative estimate of drug-likeness (QED) is 0.597. The first-order valence-corrected chi connectivity index (χ1v) is 8.79. The van der Waals surface area contributed by atoms with E-state index in [1.807, 2.05) is 49.4 Å². The van der Waals surface area contributed by atoms with E-state index in [4.69, 9.17) is 23.2 Å². The largest absolute Gasteiger partial charge is 0.337 e. The highest BCUT2D eigenvalue weighted by Crippen LogP contribution is 2.24. The van der Waals surface area contributed by atoms with Gasteiger partial charge in [-0.25, -0.2) is 0 Å². The molecule has 1 unspecified atom stereocenters. The predicted octanol–water partition coefficient (Wildman–Crippen LogP) is 4.79. The minimum Gasteiger partial charge on any atom is -0.337 e. The highest BCUT2D eigenvalue weighted by molar-refractivity contribution is 7.99. The van der Waals surface area contributed by atoms with E-state index in [1.54, 1.807) is 12.1 Å². The molecule has 0 spiro atoms. The van der Waals surface area contributed by atoms with Crippen LogP contribution >= 0.6 is 35.0 Å². The third-order valence-corrected chi connectivity index (χ3v) is 5.14. The Morgan fingerprint density at radius 3 is 2.32 bits per heavy atom. The molecule has 2 aromatic rings. The van der Waals surface area contributed by atoms with Crippen molar-refractivity contribution in [3.8, 4) is 0 Å². The Hall–Kier alpha value is -1.16.